The summed E-state index contributed by atoms with van der Waals surface area (Å²) < 4.78 is 5.23. The van der Waals surface area contributed by atoms with E-state index in [2.05, 4.69) is 57.2 Å². The van der Waals surface area contributed by atoms with E-state index >= 15 is 0 Å². The van der Waals surface area contributed by atoms with E-state index in [1.165, 1.54) is 38.5 Å². The van der Waals surface area contributed by atoms with Crippen LogP contribution in [0, 0.1) is 11.8 Å². The van der Waals surface area contributed by atoms with Gasteiger partial charge in [-0.05, 0) is 57.8 Å². The summed E-state index contributed by atoms with van der Waals surface area (Å²) in [5.41, 5.74) is 0. The molecule has 0 spiro atoms. The van der Waals surface area contributed by atoms with E-state index in [0.29, 0.717) is 12.5 Å². The molecular weight excluding hydrogens is 344 g/mol. The molecule has 2 nitrogen and oxygen atoms in total. The maximum absolute atomic E-state index is 12.0. The molecule has 2 heteroatoms. The zero-order valence-electron chi connectivity index (χ0n) is 19.1. The van der Waals surface area contributed by atoms with E-state index < -0.39 is 0 Å². The standard InChI is InChI=1S/C26H46O2/c1-5-7-8-9-10-11-12-13-14-15-16-17-18-19-20-21-22-25(23-24(3)4)26(27)28-6-2/h7-8,10-11,13-14,24-25H,5-6,9,12,15-23H2,1-4H3. The number of hydrogen-bond donors (Lipinski definition) is 0. The second-order valence-corrected chi connectivity index (χ2v) is 8.07. The van der Waals surface area contributed by atoms with Crippen molar-refractivity contribution >= 4 is 5.97 Å². The van der Waals surface area contributed by atoms with Crippen LogP contribution in [0.5, 0.6) is 0 Å². The summed E-state index contributed by atoms with van der Waals surface area (Å²) in [6, 6.07) is 0. The van der Waals surface area contributed by atoms with Crippen molar-refractivity contribution in [3.05, 3.63) is 36.5 Å². The normalized spacial score (nSPS) is 13.3. The molecule has 0 N–H and O–H groups in total. The number of allylic oxidation sites excluding steroid dienone is 6. The van der Waals surface area contributed by atoms with Crippen LogP contribution < -0.4 is 0 Å². The number of carbonyl (C=O) groups is 1. The first-order chi connectivity index (χ1) is 13.6. The van der Waals surface area contributed by atoms with Gasteiger partial charge in [-0.3, -0.25) is 4.79 Å². The lowest BCUT2D eigenvalue weighted by molar-refractivity contribution is -0.148. The molecule has 0 heterocycles. The Bertz CT molecular complexity index is 432. The molecule has 0 aromatic heterocycles. The maximum Gasteiger partial charge on any atom is 0.308 e. The Balaban J connectivity index is 3.60. The molecule has 1 atom stereocenters. The second kappa shape index (κ2) is 20.4. The topological polar surface area (TPSA) is 26.3 Å². The Morgan fingerprint density at radius 1 is 0.786 bits per heavy atom. The monoisotopic (exact) mass is 390 g/mol. The van der Waals surface area contributed by atoms with Crippen LogP contribution in [-0.2, 0) is 9.53 Å². The third-order valence-electron chi connectivity index (χ3n) is 4.83. The van der Waals surface area contributed by atoms with Crippen LogP contribution in [0.1, 0.15) is 105 Å². The van der Waals surface area contributed by atoms with Crippen LogP contribution in [0.15, 0.2) is 36.5 Å². The van der Waals surface area contributed by atoms with Crippen molar-refractivity contribution in [3.8, 4) is 0 Å². The smallest absolute Gasteiger partial charge is 0.308 e. The van der Waals surface area contributed by atoms with Crippen molar-refractivity contribution < 1.29 is 9.53 Å². The average Bonchev–Trinajstić information content (AvgIpc) is 2.66. The van der Waals surface area contributed by atoms with Crippen LogP contribution in [0.2, 0.25) is 0 Å². The van der Waals surface area contributed by atoms with Crippen molar-refractivity contribution in [2.45, 2.75) is 105 Å². The van der Waals surface area contributed by atoms with E-state index in [1.54, 1.807) is 0 Å². The molecule has 0 rings (SSSR count). The van der Waals surface area contributed by atoms with Gasteiger partial charge in [0.25, 0.3) is 0 Å². The Kier molecular flexibility index (Phi) is 19.5. The first-order valence-corrected chi connectivity index (χ1v) is 11.7. The van der Waals surface area contributed by atoms with E-state index in [0.717, 1.165) is 38.5 Å². The van der Waals surface area contributed by atoms with Gasteiger partial charge in [-0.2, -0.15) is 0 Å². The molecule has 0 aliphatic carbocycles. The van der Waals surface area contributed by atoms with E-state index in [-0.39, 0.29) is 11.9 Å². The van der Waals surface area contributed by atoms with Gasteiger partial charge in [0.1, 0.15) is 0 Å². The van der Waals surface area contributed by atoms with Gasteiger partial charge in [-0.15, -0.1) is 0 Å². The fourth-order valence-electron chi connectivity index (χ4n) is 3.35. The van der Waals surface area contributed by atoms with Crippen LogP contribution in [-0.4, -0.2) is 12.6 Å². The van der Waals surface area contributed by atoms with Crippen LogP contribution >= 0.6 is 0 Å². The third kappa shape index (κ3) is 18.1. The highest BCUT2D eigenvalue weighted by molar-refractivity contribution is 5.72. The number of carbonyl (C=O) groups excluding carboxylic acids is 1. The molecule has 0 bridgehead atoms. The Morgan fingerprint density at radius 2 is 1.36 bits per heavy atom. The van der Waals surface area contributed by atoms with E-state index in [9.17, 15) is 4.79 Å². The van der Waals surface area contributed by atoms with E-state index in [4.69, 9.17) is 4.74 Å². The summed E-state index contributed by atoms with van der Waals surface area (Å²) in [6.07, 6.45) is 27.5. The zero-order chi connectivity index (χ0) is 20.9. The lowest BCUT2D eigenvalue weighted by Crippen LogP contribution is -2.19. The summed E-state index contributed by atoms with van der Waals surface area (Å²) in [4.78, 5) is 12.0. The molecule has 0 aliphatic heterocycles. The molecule has 162 valence electrons. The maximum atomic E-state index is 12.0. The van der Waals surface area contributed by atoms with Gasteiger partial charge in [-0.1, -0.05) is 89.3 Å². The highest BCUT2D eigenvalue weighted by Crippen LogP contribution is 2.21. The van der Waals surface area contributed by atoms with Gasteiger partial charge in [0.05, 0.1) is 12.5 Å². The third-order valence-corrected chi connectivity index (χ3v) is 4.83. The van der Waals surface area contributed by atoms with Gasteiger partial charge in [0.15, 0.2) is 0 Å². The largest absolute Gasteiger partial charge is 0.466 e. The summed E-state index contributed by atoms with van der Waals surface area (Å²) in [7, 11) is 0. The van der Waals surface area contributed by atoms with Crippen LogP contribution in [0.4, 0.5) is 0 Å². The first-order valence-electron chi connectivity index (χ1n) is 11.7. The van der Waals surface area contributed by atoms with Crippen LogP contribution in [0.25, 0.3) is 0 Å². The number of unbranched alkanes of at least 4 members (excludes halogenated alkanes) is 6. The van der Waals surface area contributed by atoms with Gasteiger partial charge < -0.3 is 4.74 Å². The fraction of sp³-hybridized carbons (Fsp3) is 0.731. The van der Waals surface area contributed by atoms with Crippen molar-refractivity contribution in [1.29, 1.82) is 0 Å². The number of ether oxygens (including phenoxy) is 1. The Hall–Kier alpha value is -1.31. The Morgan fingerprint density at radius 3 is 1.96 bits per heavy atom. The predicted molar refractivity (Wildman–Crippen MR) is 123 cm³/mol. The average molecular weight is 391 g/mol. The minimum Gasteiger partial charge on any atom is -0.466 e. The molecule has 0 aromatic rings. The second-order valence-electron chi connectivity index (χ2n) is 8.07. The van der Waals surface area contributed by atoms with Crippen molar-refractivity contribution in [3.63, 3.8) is 0 Å². The lowest BCUT2D eigenvalue weighted by atomic mass is 9.92. The van der Waals surface area contributed by atoms with Gasteiger partial charge in [0.2, 0.25) is 0 Å². The molecular formula is C26H46O2. The molecule has 0 fully saturated rings. The predicted octanol–water partition coefficient (Wildman–Crippen LogP) is 8.19. The molecule has 0 aromatic carbocycles. The minimum absolute atomic E-state index is 0.00950. The molecule has 28 heavy (non-hydrogen) atoms. The Labute approximate surface area is 175 Å². The minimum atomic E-state index is 0.00950. The molecule has 0 amide bonds. The highest BCUT2D eigenvalue weighted by Gasteiger charge is 2.20. The molecule has 0 aliphatic rings. The van der Waals surface area contributed by atoms with E-state index in [1.807, 2.05) is 6.92 Å². The van der Waals surface area contributed by atoms with Gasteiger partial charge in [0, 0.05) is 0 Å². The first kappa shape index (κ1) is 26.7. The SMILES string of the molecule is CCC=CCC=CCC=CCCCCCCCCC(CC(C)C)C(=O)OCC. The number of hydrogen-bond acceptors (Lipinski definition) is 2. The zero-order valence-corrected chi connectivity index (χ0v) is 19.1. The van der Waals surface area contributed by atoms with Gasteiger partial charge >= 0.3 is 5.97 Å². The highest BCUT2D eigenvalue weighted by atomic mass is 16.5. The lowest BCUT2D eigenvalue weighted by Gasteiger charge is -2.17. The van der Waals surface area contributed by atoms with Gasteiger partial charge in [-0.25, -0.2) is 0 Å². The molecule has 0 saturated carbocycles. The summed E-state index contributed by atoms with van der Waals surface area (Å²) >= 11 is 0. The fourth-order valence-corrected chi connectivity index (χ4v) is 3.35. The molecule has 0 radical (unpaired) electrons. The summed E-state index contributed by atoms with van der Waals surface area (Å²) in [5, 5.41) is 0. The molecule has 0 saturated heterocycles. The number of rotatable bonds is 18. The van der Waals surface area contributed by atoms with Crippen LogP contribution in [0.3, 0.4) is 0 Å². The summed E-state index contributed by atoms with van der Waals surface area (Å²) in [5.74, 6) is 0.660. The van der Waals surface area contributed by atoms with Crippen molar-refractivity contribution in [2.24, 2.45) is 11.8 Å². The van der Waals surface area contributed by atoms with Crippen molar-refractivity contribution in [1.82, 2.24) is 0 Å². The molecule has 1 unspecified atom stereocenters. The quantitative estimate of drug-likeness (QED) is 0.134. The number of esters is 1. The summed E-state index contributed by atoms with van der Waals surface area (Å²) in [6.45, 7) is 8.92. The van der Waals surface area contributed by atoms with Crippen molar-refractivity contribution in [2.75, 3.05) is 6.61 Å².